The van der Waals surface area contributed by atoms with Crippen molar-refractivity contribution < 1.29 is 18.5 Å². The van der Waals surface area contributed by atoms with Gasteiger partial charge in [0.1, 0.15) is 23.7 Å². The molecule has 1 aliphatic rings. The second kappa shape index (κ2) is 10.1. The largest absolute Gasteiger partial charge is 0.475 e. The van der Waals surface area contributed by atoms with Crippen molar-refractivity contribution in [2.24, 2.45) is 0 Å². The van der Waals surface area contributed by atoms with Crippen LogP contribution in [0.1, 0.15) is 10.5 Å². The Bertz CT molecular complexity index is 1340. The minimum Gasteiger partial charge on any atom is -0.475 e. The van der Waals surface area contributed by atoms with Gasteiger partial charge in [-0.2, -0.15) is 0 Å². The third kappa shape index (κ3) is 4.76. The Morgan fingerprint density at radius 2 is 2.03 bits per heavy atom. The van der Waals surface area contributed by atoms with Crippen LogP contribution in [0.25, 0.3) is 22.2 Å². The molecule has 7 nitrogen and oxygen atoms in total. The zero-order valence-corrected chi connectivity index (χ0v) is 19.7. The van der Waals surface area contributed by atoms with Gasteiger partial charge < -0.3 is 14.5 Å². The molecule has 5 rings (SSSR count). The van der Waals surface area contributed by atoms with E-state index in [1.807, 2.05) is 42.5 Å². The topological polar surface area (TPSA) is 84.5 Å². The van der Waals surface area contributed by atoms with Crippen molar-refractivity contribution in [3.05, 3.63) is 77.4 Å². The minimum absolute atomic E-state index is 0.263. The smallest absolute Gasteiger partial charge is 0.213 e. The first kappa shape index (κ1) is 22.7. The van der Waals surface area contributed by atoms with Crippen LogP contribution in [-0.2, 0) is 15.7 Å². The molecule has 9 heteroatoms. The Labute approximate surface area is 204 Å². The number of hydrogen-bond donors (Lipinski definition) is 1. The molecule has 1 fully saturated rings. The third-order valence-corrected chi connectivity index (χ3v) is 7.40. The fourth-order valence-corrected chi connectivity index (χ4v) is 5.56. The summed E-state index contributed by atoms with van der Waals surface area (Å²) < 4.78 is 27.1. The Balaban J connectivity index is 1.29. The van der Waals surface area contributed by atoms with Crippen LogP contribution in [0, 0.1) is 0 Å². The molecule has 0 bridgehead atoms. The predicted molar refractivity (Wildman–Crippen MR) is 132 cm³/mol. The molecule has 0 amide bonds. The third-order valence-electron chi connectivity index (χ3n) is 5.58. The molecular weight excluding hydrogens is 474 g/mol. The minimum atomic E-state index is -1.57. The van der Waals surface area contributed by atoms with Crippen molar-refractivity contribution in [1.29, 1.82) is 0 Å². The molecule has 1 N–H and O–H groups in total. The molecule has 2 atom stereocenters. The van der Waals surface area contributed by atoms with Crippen LogP contribution in [0.5, 0.6) is 5.88 Å². The number of nitrogens with one attached hydrogen (secondary N) is 1. The quantitative estimate of drug-likeness (QED) is 0.382. The van der Waals surface area contributed by atoms with Crippen LogP contribution in [0.4, 0.5) is 0 Å². The Hall–Kier alpha value is -3.04. The first-order valence-corrected chi connectivity index (χ1v) is 12.3. The SMILES string of the molecule is O=Cc1[nH]c2ccc(Cl)cc2c1S(=O)N1CCOC(COc2cccc(-c3ccccc3)n2)C1. The lowest BCUT2D eigenvalue weighted by Gasteiger charge is -2.31. The maximum absolute atomic E-state index is 13.5. The molecule has 4 aromatic rings. The molecule has 174 valence electrons. The normalized spacial score (nSPS) is 17.5. The Morgan fingerprint density at radius 1 is 1.18 bits per heavy atom. The van der Waals surface area contributed by atoms with Crippen LogP contribution in [0.3, 0.4) is 0 Å². The number of nitrogens with zero attached hydrogens (tertiary/aromatic N) is 2. The lowest BCUT2D eigenvalue weighted by molar-refractivity contribution is -0.0244. The molecule has 3 heterocycles. The monoisotopic (exact) mass is 495 g/mol. The molecule has 0 radical (unpaired) electrons. The van der Waals surface area contributed by atoms with Gasteiger partial charge in [0.15, 0.2) is 6.29 Å². The molecule has 34 heavy (non-hydrogen) atoms. The number of carbonyl (C=O) groups is 1. The molecule has 2 aromatic heterocycles. The number of carbonyl (C=O) groups excluding carboxylic acids is 1. The molecule has 0 aliphatic carbocycles. The van der Waals surface area contributed by atoms with Gasteiger partial charge in [-0.05, 0) is 24.3 Å². The summed E-state index contributed by atoms with van der Waals surface area (Å²) in [7, 11) is -1.57. The number of aromatic amines is 1. The average Bonchev–Trinajstić information content (AvgIpc) is 3.25. The Kier molecular flexibility index (Phi) is 6.73. The van der Waals surface area contributed by atoms with Crippen LogP contribution in [0.2, 0.25) is 5.02 Å². The molecule has 2 unspecified atom stereocenters. The number of aromatic nitrogens is 2. The average molecular weight is 496 g/mol. The maximum Gasteiger partial charge on any atom is 0.213 e. The summed E-state index contributed by atoms with van der Waals surface area (Å²) >= 11 is 6.15. The zero-order chi connectivity index (χ0) is 23.5. The highest BCUT2D eigenvalue weighted by molar-refractivity contribution is 7.83. The van der Waals surface area contributed by atoms with Gasteiger partial charge in [0.25, 0.3) is 0 Å². The van der Waals surface area contributed by atoms with Crippen molar-refractivity contribution in [1.82, 2.24) is 14.3 Å². The van der Waals surface area contributed by atoms with Gasteiger partial charge in [-0.3, -0.25) is 4.79 Å². The van der Waals surface area contributed by atoms with E-state index in [2.05, 4.69) is 9.97 Å². The number of hydrogen-bond acceptors (Lipinski definition) is 5. The number of rotatable bonds is 7. The van der Waals surface area contributed by atoms with E-state index in [-0.39, 0.29) is 18.4 Å². The van der Waals surface area contributed by atoms with E-state index in [4.69, 9.17) is 21.1 Å². The van der Waals surface area contributed by atoms with E-state index in [1.165, 1.54) is 0 Å². The highest BCUT2D eigenvalue weighted by atomic mass is 35.5. The summed E-state index contributed by atoms with van der Waals surface area (Å²) in [6.45, 7) is 1.52. The highest BCUT2D eigenvalue weighted by Crippen LogP contribution is 2.29. The number of morpholine rings is 1. The predicted octanol–water partition coefficient (Wildman–Crippen LogP) is 4.50. The van der Waals surface area contributed by atoms with Crippen LogP contribution >= 0.6 is 11.6 Å². The first-order chi connectivity index (χ1) is 16.6. The van der Waals surface area contributed by atoms with Gasteiger partial charge in [0.2, 0.25) is 5.88 Å². The molecular formula is C25H22ClN3O4S. The van der Waals surface area contributed by atoms with E-state index in [1.54, 1.807) is 28.6 Å². The Morgan fingerprint density at radius 3 is 2.85 bits per heavy atom. The summed E-state index contributed by atoms with van der Waals surface area (Å²) in [4.78, 5) is 19.7. The molecule has 1 saturated heterocycles. The van der Waals surface area contributed by atoms with E-state index in [9.17, 15) is 9.00 Å². The summed E-state index contributed by atoms with van der Waals surface area (Å²) in [6.07, 6.45) is 0.390. The van der Waals surface area contributed by atoms with E-state index < -0.39 is 11.0 Å². The van der Waals surface area contributed by atoms with Gasteiger partial charge in [-0.15, -0.1) is 0 Å². The number of fused-ring (bicyclic) bond motifs is 1. The van der Waals surface area contributed by atoms with Gasteiger partial charge in [-0.1, -0.05) is 48.0 Å². The summed E-state index contributed by atoms with van der Waals surface area (Å²) in [5, 5.41) is 1.19. The second-order valence-electron chi connectivity index (χ2n) is 7.84. The molecule has 2 aromatic carbocycles. The number of benzene rings is 2. The number of aldehydes is 1. The number of H-pyrrole nitrogens is 1. The van der Waals surface area contributed by atoms with Crippen molar-refractivity contribution in [3.8, 4) is 17.1 Å². The van der Waals surface area contributed by atoms with Crippen LogP contribution in [-0.4, -0.2) is 57.2 Å². The van der Waals surface area contributed by atoms with Crippen molar-refractivity contribution in [3.63, 3.8) is 0 Å². The standard InChI is InChI=1S/C25H22ClN3O4S/c26-18-9-10-22-20(13-18)25(23(15-30)27-22)34(31)29-11-12-32-19(14-29)16-33-24-8-4-7-21(28-24)17-5-2-1-3-6-17/h1-10,13,15,19,27H,11-12,14,16H2. The lowest BCUT2D eigenvalue weighted by Crippen LogP contribution is -2.45. The summed E-state index contributed by atoms with van der Waals surface area (Å²) in [5.74, 6) is 0.498. The first-order valence-electron chi connectivity index (χ1n) is 10.8. The van der Waals surface area contributed by atoms with Gasteiger partial charge in [0, 0.05) is 40.6 Å². The van der Waals surface area contributed by atoms with Crippen molar-refractivity contribution in [2.75, 3.05) is 26.3 Å². The number of pyridine rings is 1. The number of halogens is 1. The van der Waals surface area contributed by atoms with E-state index in [0.717, 1.165) is 11.3 Å². The summed E-state index contributed by atoms with van der Waals surface area (Å²) in [6, 6.07) is 20.7. The van der Waals surface area contributed by atoms with E-state index in [0.29, 0.717) is 52.7 Å². The molecule has 0 spiro atoms. The van der Waals surface area contributed by atoms with Crippen molar-refractivity contribution >= 4 is 39.8 Å². The van der Waals surface area contributed by atoms with Gasteiger partial charge in [0.05, 0.1) is 22.9 Å². The highest BCUT2D eigenvalue weighted by Gasteiger charge is 2.29. The lowest BCUT2D eigenvalue weighted by atomic mass is 10.1. The number of ether oxygens (including phenoxy) is 2. The van der Waals surface area contributed by atoms with E-state index >= 15 is 0 Å². The van der Waals surface area contributed by atoms with Gasteiger partial charge >= 0.3 is 0 Å². The molecule has 0 saturated carbocycles. The fraction of sp³-hybridized carbons (Fsp3) is 0.200. The maximum atomic E-state index is 13.5. The zero-order valence-electron chi connectivity index (χ0n) is 18.1. The fourth-order valence-electron chi connectivity index (χ4n) is 3.95. The van der Waals surface area contributed by atoms with Crippen LogP contribution < -0.4 is 4.74 Å². The summed E-state index contributed by atoms with van der Waals surface area (Å²) in [5.41, 5.74) is 2.84. The van der Waals surface area contributed by atoms with Gasteiger partial charge in [-0.25, -0.2) is 13.5 Å². The van der Waals surface area contributed by atoms with Crippen molar-refractivity contribution in [2.45, 2.75) is 11.0 Å². The second-order valence-corrected chi connectivity index (χ2v) is 9.70. The molecule has 1 aliphatic heterocycles. The van der Waals surface area contributed by atoms with Crippen LogP contribution in [0.15, 0.2) is 71.6 Å².